The maximum absolute atomic E-state index is 12.9. The molecule has 0 heterocycles. The number of hydrogen-bond acceptors (Lipinski definition) is 1. The monoisotopic (exact) mass is 223 g/mol. The van der Waals surface area contributed by atoms with Gasteiger partial charge in [-0.2, -0.15) is 0 Å². The summed E-state index contributed by atoms with van der Waals surface area (Å²) in [5.41, 5.74) is 0.690. The van der Waals surface area contributed by atoms with Gasteiger partial charge in [-0.3, -0.25) is 5.32 Å². The van der Waals surface area contributed by atoms with Crippen molar-refractivity contribution in [2.24, 2.45) is 0 Å². The van der Waals surface area contributed by atoms with Gasteiger partial charge in [-0.1, -0.05) is 25.3 Å². The van der Waals surface area contributed by atoms with Crippen molar-refractivity contribution in [3.8, 4) is 12.3 Å². The first-order chi connectivity index (χ1) is 7.67. The van der Waals surface area contributed by atoms with Gasteiger partial charge in [0.15, 0.2) is 11.6 Å². The second kappa shape index (κ2) is 6.24. The summed E-state index contributed by atoms with van der Waals surface area (Å²) in [6.45, 7) is 2.50. The summed E-state index contributed by atoms with van der Waals surface area (Å²) in [5.74, 6) is 0.966. The predicted molar refractivity (Wildman–Crippen MR) is 60.7 cm³/mol. The Balaban J connectivity index is 2.54. The smallest absolute Gasteiger partial charge is 0.159 e. The third-order valence-electron chi connectivity index (χ3n) is 2.32. The fourth-order valence-corrected chi connectivity index (χ4v) is 1.42. The Bertz CT molecular complexity index is 382. The van der Waals surface area contributed by atoms with Crippen LogP contribution in [0.3, 0.4) is 0 Å². The van der Waals surface area contributed by atoms with Crippen LogP contribution >= 0.6 is 0 Å². The van der Waals surface area contributed by atoms with Gasteiger partial charge >= 0.3 is 0 Å². The van der Waals surface area contributed by atoms with Gasteiger partial charge in [0.2, 0.25) is 0 Å². The van der Waals surface area contributed by atoms with E-state index in [0.29, 0.717) is 12.1 Å². The minimum absolute atomic E-state index is 0.0156. The van der Waals surface area contributed by atoms with Crippen molar-refractivity contribution in [3.63, 3.8) is 0 Å². The number of rotatable bonds is 5. The highest BCUT2D eigenvalue weighted by Gasteiger charge is 2.05. The second-order valence-electron chi connectivity index (χ2n) is 3.64. The van der Waals surface area contributed by atoms with E-state index in [1.807, 2.05) is 6.92 Å². The third kappa shape index (κ3) is 3.63. The van der Waals surface area contributed by atoms with Crippen LogP contribution in [0.4, 0.5) is 8.78 Å². The summed E-state index contributed by atoms with van der Waals surface area (Å²) >= 11 is 0. The maximum Gasteiger partial charge on any atom is 0.159 e. The Hall–Kier alpha value is -1.40. The molecule has 0 fully saturated rings. The Morgan fingerprint density at radius 3 is 2.69 bits per heavy atom. The SMILES string of the molecule is C#CC(CCC)NCc1ccc(F)c(F)c1. The molecule has 16 heavy (non-hydrogen) atoms. The molecule has 3 heteroatoms. The molecule has 1 rings (SSSR count). The van der Waals surface area contributed by atoms with Crippen molar-refractivity contribution in [1.82, 2.24) is 5.32 Å². The number of nitrogens with one attached hydrogen (secondary N) is 1. The number of terminal acetylenes is 1. The molecule has 0 aromatic heterocycles. The van der Waals surface area contributed by atoms with E-state index in [2.05, 4.69) is 11.2 Å². The minimum Gasteiger partial charge on any atom is -0.300 e. The van der Waals surface area contributed by atoms with E-state index < -0.39 is 11.6 Å². The molecule has 1 N–H and O–H groups in total. The van der Waals surface area contributed by atoms with E-state index >= 15 is 0 Å². The molecule has 0 saturated carbocycles. The zero-order valence-electron chi connectivity index (χ0n) is 9.26. The Morgan fingerprint density at radius 1 is 1.38 bits per heavy atom. The van der Waals surface area contributed by atoms with Crippen molar-refractivity contribution >= 4 is 0 Å². The summed E-state index contributed by atoms with van der Waals surface area (Å²) in [6, 6.07) is 3.84. The van der Waals surface area contributed by atoms with Gasteiger partial charge in [-0.15, -0.1) is 6.42 Å². The lowest BCUT2D eigenvalue weighted by Gasteiger charge is -2.11. The third-order valence-corrected chi connectivity index (χ3v) is 2.32. The number of benzene rings is 1. The van der Waals surface area contributed by atoms with Gasteiger partial charge in [0.05, 0.1) is 6.04 Å². The summed E-state index contributed by atoms with van der Waals surface area (Å²) < 4.78 is 25.5. The molecule has 1 aromatic carbocycles. The van der Waals surface area contributed by atoms with Crippen molar-refractivity contribution in [1.29, 1.82) is 0 Å². The molecule has 86 valence electrons. The van der Waals surface area contributed by atoms with E-state index in [-0.39, 0.29) is 6.04 Å². The van der Waals surface area contributed by atoms with E-state index in [9.17, 15) is 8.78 Å². The van der Waals surface area contributed by atoms with Crippen LogP contribution in [0.5, 0.6) is 0 Å². The molecule has 0 aliphatic heterocycles. The molecule has 0 spiro atoms. The van der Waals surface area contributed by atoms with Gasteiger partial charge in [-0.25, -0.2) is 8.78 Å². The molecular weight excluding hydrogens is 208 g/mol. The molecular formula is C13H15F2N. The highest BCUT2D eigenvalue weighted by Crippen LogP contribution is 2.08. The fourth-order valence-electron chi connectivity index (χ4n) is 1.42. The Morgan fingerprint density at radius 2 is 2.12 bits per heavy atom. The molecule has 1 atom stereocenters. The van der Waals surface area contributed by atoms with E-state index in [1.165, 1.54) is 6.07 Å². The van der Waals surface area contributed by atoms with Crippen LogP contribution in [0.25, 0.3) is 0 Å². The standard InChI is InChI=1S/C13H15F2N/c1-3-5-11(4-2)16-9-10-6-7-12(14)13(15)8-10/h2,6-8,11,16H,3,5,9H2,1H3. The second-order valence-corrected chi connectivity index (χ2v) is 3.64. The van der Waals surface area contributed by atoms with E-state index in [1.54, 1.807) is 6.07 Å². The van der Waals surface area contributed by atoms with Crippen LogP contribution in [0.2, 0.25) is 0 Å². The molecule has 0 amide bonds. The molecule has 0 aliphatic carbocycles. The Kier molecular flexibility index (Phi) is 4.94. The quantitative estimate of drug-likeness (QED) is 0.757. The molecule has 0 aliphatic rings. The molecule has 1 unspecified atom stereocenters. The van der Waals surface area contributed by atoms with Crippen LogP contribution < -0.4 is 5.32 Å². The van der Waals surface area contributed by atoms with Crippen molar-refractivity contribution in [2.45, 2.75) is 32.4 Å². The van der Waals surface area contributed by atoms with Crippen LogP contribution in [0.15, 0.2) is 18.2 Å². The van der Waals surface area contributed by atoms with Crippen LogP contribution in [0, 0.1) is 24.0 Å². The van der Waals surface area contributed by atoms with Gasteiger partial charge in [-0.05, 0) is 24.1 Å². The molecule has 1 nitrogen and oxygen atoms in total. The molecule has 1 aromatic rings. The van der Waals surface area contributed by atoms with Crippen LogP contribution in [-0.4, -0.2) is 6.04 Å². The number of halogens is 2. The summed E-state index contributed by atoms with van der Waals surface area (Å²) in [6.07, 6.45) is 7.19. The average molecular weight is 223 g/mol. The largest absolute Gasteiger partial charge is 0.300 e. The first-order valence-corrected chi connectivity index (χ1v) is 5.30. The van der Waals surface area contributed by atoms with Crippen molar-refractivity contribution in [2.75, 3.05) is 0 Å². The zero-order chi connectivity index (χ0) is 12.0. The zero-order valence-corrected chi connectivity index (χ0v) is 9.26. The lowest BCUT2D eigenvalue weighted by molar-refractivity contribution is 0.504. The fraction of sp³-hybridized carbons (Fsp3) is 0.385. The molecule has 0 saturated heterocycles. The highest BCUT2D eigenvalue weighted by molar-refractivity contribution is 5.18. The maximum atomic E-state index is 12.9. The summed E-state index contributed by atoms with van der Waals surface area (Å²) in [4.78, 5) is 0. The first kappa shape index (κ1) is 12.7. The van der Waals surface area contributed by atoms with Crippen LogP contribution in [-0.2, 0) is 6.54 Å². The van der Waals surface area contributed by atoms with Gasteiger partial charge in [0.25, 0.3) is 0 Å². The minimum atomic E-state index is -0.828. The lowest BCUT2D eigenvalue weighted by Crippen LogP contribution is -2.26. The van der Waals surface area contributed by atoms with E-state index in [4.69, 9.17) is 6.42 Å². The Labute approximate surface area is 94.9 Å². The number of hydrogen-bond donors (Lipinski definition) is 1. The van der Waals surface area contributed by atoms with Crippen molar-refractivity contribution < 1.29 is 8.78 Å². The van der Waals surface area contributed by atoms with Crippen LogP contribution in [0.1, 0.15) is 25.3 Å². The van der Waals surface area contributed by atoms with Gasteiger partial charge in [0, 0.05) is 6.54 Å². The van der Waals surface area contributed by atoms with Gasteiger partial charge < -0.3 is 0 Å². The summed E-state index contributed by atoms with van der Waals surface area (Å²) in [7, 11) is 0. The molecule has 0 bridgehead atoms. The first-order valence-electron chi connectivity index (χ1n) is 5.30. The van der Waals surface area contributed by atoms with Crippen molar-refractivity contribution in [3.05, 3.63) is 35.4 Å². The predicted octanol–water partition coefficient (Wildman–Crippen LogP) is 2.86. The lowest BCUT2D eigenvalue weighted by atomic mass is 10.1. The topological polar surface area (TPSA) is 12.0 Å². The average Bonchev–Trinajstić information content (AvgIpc) is 2.28. The normalized spacial score (nSPS) is 12.1. The molecule has 0 radical (unpaired) electrons. The highest BCUT2D eigenvalue weighted by atomic mass is 19.2. The summed E-state index contributed by atoms with van der Waals surface area (Å²) in [5, 5.41) is 3.11. The van der Waals surface area contributed by atoms with E-state index in [0.717, 1.165) is 18.9 Å². The van der Waals surface area contributed by atoms with Gasteiger partial charge in [0.1, 0.15) is 0 Å².